The van der Waals surface area contributed by atoms with Gasteiger partial charge < -0.3 is 10.2 Å². The molecular formula is C20H26F3N5S. The fourth-order valence-corrected chi connectivity index (χ4v) is 3.87. The van der Waals surface area contributed by atoms with Crippen molar-refractivity contribution >= 4 is 29.4 Å². The predicted octanol–water partition coefficient (Wildman–Crippen LogP) is 5.54. The highest BCUT2D eigenvalue weighted by atomic mass is 32.2. The lowest BCUT2D eigenvalue weighted by molar-refractivity contribution is -0.137. The lowest BCUT2D eigenvalue weighted by Gasteiger charge is -2.30. The van der Waals surface area contributed by atoms with Crippen LogP contribution >= 0.6 is 11.9 Å². The maximum atomic E-state index is 13.5. The van der Waals surface area contributed by atoms with Crippen molar-refractivity contribution in [1.82, 2.24) is 14.7 Å². The van der Waals surface area contributed by atoms with Crippen molar-refractivity contribution in [2.45, 2.75) is 57.1 Å². The molecule has 0 spiro atoms. The molecule has 158 valence electrons. The van der Waals surface area contributed by atoms with Crippen LogP contribution in [0.1, 0.15) is 44.2 Å². The average Bonchev–Trinajstić information content (AvgIpc) is 2.68. The quantitative estimate of drug-likeness (QED) is 0.593. The van der Waals surface area contributed by atoms with E-state index in [1.165, 1.54) is 0 Å². The third-order valence-electron chi connectivity index (χ3n) is 4.59. The topological polar surface area (TPSA) is 53.1 Å². The van der Waals surface area contributed by atoms with E-state index < -0.39 is 11.7 Å². The zero-order chi connectivity index (χ0) is 21.0. The van der Waals surface area contributed by atoms with Gasteiger partial charge in [0, 0.05) is 35.9 Å². The van der Waals surface area contributed by atoms with Crippen LogP contribution in [0, 0.1) is 6.92 Å². The van der Waals surface area contributed by atoms with E-state index in [4.69, 9.17) is 0 Å². The van der Waals surface area contributed by atoms with Gasteiger partial charge >= 0.3 is 6.18 Å². The summed E-state index contributed by atoms with van der Waals surface area (Å²) < 4.78 is 43.7. The number of alkyl halides is 3. The highest BCUT2D eigenvalue weighted by Crippen LogP contribution is 2.37. The molecule has 5 nitrogen and oxygen atoms in total. The van der Waals surface area contributed by atoms with E-state index in [-0.39, 0.29) is 11.8 Å². The summed E-state index contributed by atoms with van der Waals surface area (Å²) in [6.45, 7) is 7.23. The van der Waals surface area contributed by atoms with E-state index >= 15 is 0 Å². The van der Waals surface area contributed by atoms with Crippen LogP contribution < -0.4 is 14.9 Å². The number of hydrogen-bond donors (Lipinski definition) is 2. The first-order chi connectivity index (χ1) is 13.7. The van der Waals surface area contributed by atoms with E-state index in [9.17, 15) is 13.2 Å². The number of nitrogens with zero attached hydrogens (tertiary/aromatic N) is 3. The summed E-state index contributed by atoms with van der Waals surface area (Å²) in [7, 11) is 0. The second-order valence-electron chi connectivity index (χ2n) is 7.45. The van der Waals surface area contributed by atoms with Crippen molar-refractivity contribution in [3.8, 4) is 0 Å². The minimum atomic E-state index is -4.48. The number of aromatic nitrogens is 2. The lowest BCUT2D eigenvalue weighted by Crippen LogP contribution is -2.32. The van der Waals surface area contributed by atoms with Gasteiger partial charge in [-0.1, -0.05) is 0 Å². The summed E-state index contributed by atoms with van der Waals surface area (Å²) in [5, 5.41) is 3.08. The number of anilines is 3. The summed E-state index contributed by atoms with van der Waals surface area (Å²) in [5.74, 6) is 0.128. The number of hydrogen-bond acceptors (Lipinski definition) is 6. The van der Waals surface area contributed by atoms with Crippen LogP contribution in [-0.2, 0) is 6.18 Å². The number of nitrogens with one attached hydrogen (secondary N) is 2. The molecule has 2 aromatic rings. The van der Waals surface area contributed by atoms with Crippen molar-refractivity contribution in [3.63, 3.8) is 0 Å². The molecule has 1 aliphatic rings. The van der Waals surface area contributed by atoms with Crippen molar-refractivity contribution in [3.05, 3.63) is 35.5 Å². The molecule has 3 rings (SSSR count). The Morgan fingerprint density at radius 3 is 2.48 bits per heavy atom. The normalized spacial score (nSPS) is 15.1. The van der Waals surface area contributed by atoms with Gasteiger partial charge in [-0.3, -0.25) is 4.72 Å². The molecule has 0 aliphatic carbocycles. The molecule has 0 radical (unpaired) electrons. The fraction of sp³-hybridized carbons (Fsp3) is 0.500. The minimum absolute atomic E-state index is 0.0411. The van der Waals surface area contributed by atoms with E-state index in [1.54, 1.807) is 16.8 Å². The van der Waals surface area contributed by atoms with Gasteiger partial charge in [0.15, 0.2) is 0 Å². The molecule has 29 heavy (non-hydrogen) atoms. The van der Waals surface area contributed by atoms with Crippen LogP contribution in [0.5, 0.6) is 0 Å². The van der Waals surface area contributed by atoms with Gasteiger partial charge in [0.1, 0.15) is 11.4 Å². The van der Waals surface area contributed by atoms with Crippen LogP contribution in [0.2, 0.25) is 0 Å². The summed E-state index contributed by atoms with van der Waals surface area (Å²) in [6, 6.07) is 6.21. The van der Waals surface area contributed by atoms with Crippen LogP contribution in [0.4, 0.5) is 30.6 Å². The Hall–Kier alpha value is -2.00. The van der Waals surface area contributed by atoms with Crippen molar-refractivity contribution in [2.75, 3.05) is 23.3 Å². The van der Waals surface area contributed by atoms with Gasteiger partial charge in [0.2, 0.25) is 5.95 Å². The molecule has 0 atom stereocenters. The van der Waals surface area contributed by atoms with E-state index in [2.05, 4.69) is 33.9 Å². The monoisotopic (exact) mass is 425 g/mol. The smallest absolute Gasteiger partial charge is 0.356 e. The van der Waals surface area contributed by atoms with Gasteiger partial charge in [-0.25, -0.2) is 4.98 Å². The molecule has 0 unspecified atom stereocenters. The van der Waals surface area contributed by atoms with Gasteiger partial charge in [0.25, 0.3) is 0 Å². The van der Waals surface area contributed by atoms with E-state index in [0.29, 0.717) is 19.1 Å². The molecule has 2 N–H and O–H groups in total. The second-order valence-corrected chi connectivity index (χ2v) is 8.36. The molecule has 1 aromatic heterocycles. The van der Waals surface area contributed by atoms with Crippen LogP contribution in [0.15, 0.2) is 29.3 Å². The van der Waals surface area contributed by atoms with Crippen molar-refractivity contribution in [2.24, 2.45) is 0 Å². The third kappa shape index (κ3) is 5.76. The standard InChI is InChI=1S/C20H26F3N5S/c1-13(2)27-29-15-7-8-17(14(3)11-15)25-19-24-12-16(20(21,22)23)18(26-19)28-9-5-4-6-10-28/h7-8,11-13,27H,4-6,9-10H2,1-3H3,(H,24,25,26). The van der Waals surface area contributed by atoms with Crippen LogP contribution in [-0.4, -0.2) is 29.1 Å². The van der Waals surface area contributed by atoms with Crippen molar-refractivity contribution < 1.29 is 13.2 Å². The van der Waals surface area contributed by atoms with Gasteiger partial charge in [-0.15, -0.1) is 0 Å². The molecular weight excluding hydrogens is 399 g/mol. The van der Waals surface area contributed by atoms with Gasteiger partial charge in [-0.2, -0.15) is 18.2 Å². The molecule has 1 aliphatic heterocycles. The first kappa shape index (κ1) is 21.7. The molecule has 1 saturated heterocycles. The number of benzene rings is 1. The zero-order valence-electron chi connectivity index (χ0n) is 16.8. The second kappa shape index (κ2) is 9.21. The molecule has 2 heterocycles. The van der Waals surface area contributed by atoms with Crippen LogP contribution in [0.3, 0.4) is 0 Å². The molecule has 0 saturated carbocycles. The Bertz CT molecular complexity index is 835. The number of halogens is 3. The molecule has 1 fully saturated rings. The summed E-state index contributed by atoms with van der Waals surface area (Å²) in [5.41, 5.74) is 0.944. The SMILES string of the molecule is Cc1cc(SNC(C)C)ccc1Nc1ncc(C(F)(F)F)c(N2CCCCC2)n1. The highest BCUT2D eigenvalue weighted by Gasteiger charge is 2.37. The summed E-state index contributed by atoms with van der Waals surface area (Å²) in [6.07, 6.45) is -0.836. The maximum Gasteiger partial charge on any atom is 0.421 e. The first-order valence-corrected chi connectivity index (χ1v) is 10.5. The van der Waals surface area contributed by atoms with Gasteiger partial charge in [-0.05, 0) is 75.7 Å². The number of rotatable bonds is 6. The van der Waals surface area contributed by atoms with E-state index in [0.717, 1.165) is 41.6 Å². The molecule has 9 heteroatoms. The first-order valence-electron chi connectivity index (χ1n) is 9.73. The number of aryl methyl sites for hydroxylation is 1. The Labute approximate surface area is 173 Å². The molecule has 0 bridgehead atoms. The van der Waals surface area contributed by atoms with Crippen molar-refractivity contribution in [1.29, 1.82) is 0 Å². The highest BCUT2D eigenvalue weighted by molar-refractivity contribution is 7.97. The Kier molecular flexibility index (Phi) is 6.89. The summed E-state index contributed by atoms with van der Waals surface area (Å²) in [4.78, 5) is 11.0. The molecule has 0 amide bonds. The average molecular weight is 426 g/mol. The third-order valence-corrected chi connectivity index (χ3v) is 5.67. The Morgan fingerprint density at radius 1 is 1.14 bits per heavy atom. The summed E-state index contributed by atoms with van der Waals surface area (Å²) >= 11 is 1.54. The zero-order valence-corrected chi connectivity index (χ0v) is 17.6. The fourth-order valence-electron chi connectivity index (χ4n) is 3.13. The largest absolute Gasteiger partial charge is 0.421 e. The predicted molar refractivity (Wildman–Crippen MR) is 112 cm³/mol. The molecule has 1 aromatic carbocycles. The maximum absolute atomic E-state index is 13.5. The number of piperidine rings is 1. The Balaban J connectivity index is 1.84. The van der Waals surface area contributed by atoms with Crippen LogP contribution in [0.25, 0.3) is 0 Å². The lowest BCUT2D eigenvalue weighted by atomic mass is 10.1. The minimum Gasteiger partial charge on any atom is -0.356 e. The Morgan fingerprint density at radius 2 is 1.86 bits per heavy atom. The van der Waals surface area contributed by atoms with E-state index in [1.807, 2.05) is 25.1 Å². The van der Waals surface area contributed by atoms with Gasteiger partial charge in [0.05, 0.1) is 0 Å².